The van der Waals surface area contributed by atoms with Crippen LogP contribution < -0.4 is 10.6 Å². The summed E-state index contributed by atoms with van der Waals surface area (Å²) in [4.78, 5) is 35.5. The molecule has 0 saturated heterocycles. The van der Waals surface area contributed by atoms with Gasteiger partial charge in [-0.05, 0) is 48.4 Å². The number of alkyl carbamates (subject to hydrolysis) is 1. The normalized spacial score (nSPS) is 20.4. The molecule has 3 atom stereocenters. The largest absolute Gasteiger partial charge is 0.480 e. The third kappa shape index (κ3) is 4.40. The van der Waals surface area contributed by atoms with E-state index in [0.29, 0.717) is 19.3 Å². The van der Waals surface area contributed by atoms with Gasteiger partial charge in [0, 0.05) is 17.9 Å². The highest BCUT2D eigenvalue weighted by Gasteiger charge is 2.33. The smallest absolute Gasteiger partial charge is 0.407 e. The number of fused-ring (bicyclic) bond motifs is 3. The predicted molar refractivity (Wildman–Crippen MR) is 115 cm³/mol. The second-order valence-electron chi connectivity index (χ2n) is 8.25. The van der Waals surface area contributed by atoms with Crippen molar-refractivity contribution < 1.29 is 24.2 Å². The minimum Gasteiger partial charge on any atom is -0.480 e. The fraction of sp³-hybridized carbons (Fsp3) is 0.375. The Bertz CT molecular complexity index is 959. The van der Waals surface area contributed by atoms with Crippen molar-refractivity contribution in [2.24, 2.45) is 5.92 Å². The predicted octanol–water partition coefficient (Wildman–Crippen LogP) is 3.28. The number of aliphatic carboxylic acids is 1. The molecule has 0 bridgehead atoms. The summed E-state index contributed by atoms with van der Waals surface area (Å²) in [6.45, 7) is 1.67. The molecular weight excluding hydrogens is 396 g/mol. The number of carbonyl (C=O) groups is 3. The molecule has 162 valence electrons. The Morgan fingerprint density at radius 1 is 1.03 bits per heavy atom. The van der Waals surface area contributed by atoms with Crippen molar-refractivity contribution in [2.75, 3.05) is 6.61 Å². The highest BCUT2D eigenvalue weighted by molar-refractivity contribution is 5.85. The molecule has 4 rings (SSSR count). The van der Waals surface area contributed by atoms with Gasteiger partial charge in [0.1, 0.15) is 12.6 Å². The first-order valence-corrected chi connectivity index (χ1v) is 10.6. The van der Waals surface area contributed by atoms with Gasteiger partial charge in [0.25, 0.3) is 0 Å². The Morgan fingerprint density at radius 3 is 2.26 bits per heavy atom. The van der Waals surface area contributed by atoms with Gasteiger partial charge in [0.05, 0.1) is 0 Å². The van der Waals surface area contributed by atoms with Gasteiger partial charge >= 0.3 is 12.1 Å². The molecule has 2 aromatic rings. The number of carboxylic acid groups (broad SMARTS) is 1. The minimum atomic E-state index is -1.07. The Labute approximate surface area is 180 Å². The summed E-state index contributed by atoms with van der Waals surface area (Å²) < 4.78 is 5.57. The van der Waals surface area contributed by atoms with Gasteiger partial charge in [0.2, 0.25) is 5.91 Å². The summed E-state index contributed by atoms with van der Waals surface area (Å²) in [5, 5.41) is 14.3. The Balaban J connectivity index is 1.31. The van der Waals surface area contributed by atoms with Crippen LogP contribution in [0.1, 0.15) is 43.2 Å². The van der Waals surface area contributed by atoms with Crippen molar-refractivity contribution in [1.82, 2.24) is 10.6 Å². The van der Waals surface area contributed by atoms with E-state index in [4.69, 9.17) is 9.84 Å². The lowest BCUT2D eigenvalue weighted by atomic mass is 9.98. The van der Waals surface area contributed by atoms with E-state index in [1.807, 2.05) is 24.3 Å². The van der Waals surface area contributed by atoms with Crippen LogP contribution in [0, 0.1) is 5.92 Å². The summed E-state index contributed by atoms with van der Waals surface area (Å²) in [5.41, 5.74) is 4.66. The van der Waals surface area contributed by atoms with Crippen molar-refractivity contribution in [3.63, 3.8) is 0 Å². The van der Waals surface area contributed by atoms with Crippen molar-refractivity contribution in [1.29, 1.82) is 0 Å². The lowest BCUT2D eigenvalue weighted by Gasteiger charge is -2.17. The zero-order valence-corrected chi connectivity index (χ0v) is 17.3. The minimum absolute atomic E-state index is 0.00207. The third-order valence-electron chi connectivity index (χ3n) is 6.20. The van der Waals surface area contributed by atoms with Crippen LogP contribution in [0.4, 0.5) is 4.79 Å². The summed E-state index contributed by atoms with van der Waals surface area (Å²) >= 11 is 0. The molecule has 7 nitrogen and oxygen atoms in total. The zero-order chi connectivity index (χ0) is 22.0. The van der Waals surface area contributed by atoms with Crippen LogP contribution in [0.3, 0.4) is 0 Å². The Kier molecular flexibility index (Phi) is 5.93. The maximum Gasteiger partial charge on any atom is 0.407 e. The molecule has 31 heavy (non-hydrogen) atoms. The fourth-order valence-corrected chi connectivity index (χ4v) is 4.55. The zero-order valence-electron chi connectivity index (χ0n) is 17.3. The number of hydrogen-bond donors (Lipinski definition) is 3. The van der Waals surface area contributed by atoms with E-state index >= 15 is 0 Å². The molecule has 1 fully saturated rings. The summed E-state index contributed by atoms with van der Waals surface area (Å²) in [5.74, 6) is -1.66. The first-order chi connectivity index (χ1) is 14.9. The average molecular weight is 422 g/mol. The van der Waals surface area contributed by atoms with Gasteiger partial charge in [-0.15, -0.1) is 0 Å². The van der Waals surface area contributed by atoms with Crippen molar-refractivity contribution in [3.8, 4) is 11.1 Å². The quantitative estimate of drug-likeness (QED) is 0.663. The Hall–Kier alpha value is -3.35. The highest BCUT2D eigenvalue weighted by atomic mass is 16.5. The summed E-state index contributed by atoms with van der Waals surface area (Å²) in [7, 11) is 0. The highest BCUT2D eigenvalue weighted by Crippen LogP contribution is 2.44. The maximum atomic E-state index is 12.4. The molecule has 1 saturated carbocycles. The molecule has 0 radical (unpaired) electrons. The standard InChI is InChI=1S/C24H26N2O5/c1-14(23(28)29)25-22(27)15-10-11-16(12-15)26-24(30)31-13-21-19-8-4-2-6-17(19)18-7-3-5-9-20(18)21/h2-9,14-16,21H,10-13H2,1H3,(H,25,27)(H,26,30)(H,28,29). The van der Waals surface area contributed by atoms with E-state index in [1.54, 1.807) is 0 Å². The van der Waals surface area contributed by atoms with Gasteiger partial charge in [-0.3, -0.25) is 9.59 Å². The number of carbonyl (C=O) groups excluding carboxylic acids is 2. The van der Waals surface area contributed by atoms with Crippen LogP contribution in [-0.4, -0.2) is 41.8 Å². The molecule has 2 aromatic carbocycles. The van der Waals surface area contributed by atoms with Crippen LogP contribution in [0.25, 0.3) is 11.1 Å². The summed E-state index contributed by atoms with van der Waals surface area (Å²) in [6.07, 6.45) is 1.24. The fourth-order valence-electron chi connectivity index (χ4n) is 4.55. The number of rotatable bonds is 6. The molecule has 0 spiro atoms. The monoisotopic (exact) mass is 422 g/mol. The maximum absolute atomic E-state index is 12.4. The van der Waals surface area contributed by atoms with E-state index < -0.39 is 18.1 Å². The average Bonchev–Trinajstić information content (AvgIpc) is 3.35. The van der Waals surface area contributed by atoms with Crippen molar-refractivity contribution in [2.45, 2.75) is 44.2 Å². The van der Waals surface area contributed by atoms with Crippen molar-refractivity contribution in [3.05, 3.63) is 59.7 Å². The second-order valence-corrected chi connectivity index (χ2v) is 8.25. The number of hydrogen-bond acceptors (Lipinski definition) is 4. The molecular formula is C24H26N2O5. The number of nitrogens with one attached hydrogen (secondary N) is 2. The summed E-state index contributed by atoms with van der Waals surface area (Å²) in [6, 6.07) is 15.2. The molecule has 0 aromatic heterocycles. The van der Waals surface area contributed by atoms with Crippen LogP contribution in [-0.2, 0) is 14.3 Å². The first-order valence-electron chi connectivity index (χ1n) is 10.6. The number of benzene rings is 2. The molecule has 7 heteroatoms. The van der Waals surface area contributed by atoms with E-state index in [-0.39, 0.29) is 30.4 Å². The topological polar surface area (TPSA) is 105 Å². The SMILES string of the molecule is CC(NC(=O)C1CCC(NC(=O)OCC2c3ccccc3-c3ccccc32)C1)C(=O)O. The van der Waals surface area contributed by atoms with E-state index in [1.165, 1.54) is 18.1 Å². The van der Waals surface area contributed by atoms with E-state index in [9.17, 15) is 14.4 Å². The van der Waals surface area contributed by atoms with Gasteiger partial charge in [-0.2, -0.15) is 0 Å². The van der Waals surface area contributed by atoms with Gasteiger partial charge in [-0.1, -0.05) is 48.5 Å². The van der Waals surface area contributed by atoms with Gasteiger partial charge in [-0.25, -0.2) is 4.79 Å². The number of carboxylic acids is 1. The molecule has 2 aliphatic carbocycles. The second kappa shape index (κ2) is 8.79. The van der Waals surface area contributed by atoms with Crippen LogP contribution in [0.15, 0.2) is 48.5 Å². The number of ether oxygens (including phenoxy) is 1. The molecule has 3 unspecified atom stereocenters. The first kappa shape index (κ1) is 20.9. The third-order valence-corrected chi connectivity index (χ3v) is 6.20. The molecule has 2 aliphatic rings. The molecule has 3 N–H and O–H groups in total. The molecule has 2 amide bonds. The lowest BCUT2D eigenvalue weighted by Crippen LogP contribution is -2.41. The van der Waals surface area contributed by atoms with Gasteiger partial charge < -0.3 is 20.5 Å². The molecule has 0 aliphatic heterocycles. The van der Waals surface area contributed by atoms with Crippen molar-refractivity contribution >= 4 is 18.0 Å². The number of amides is 2. The molecule has 0 heterocycles. The van der Waals surface area contributed by atoms with E-state index in [2.05, 4.69) is 34.9 Å². The van der Waals surface area contributed by atoms with Crippen LogP contribution >= 0.6 is 0 Å². The lowest BCUT2D eigenvalue weighted by molar-refractivity contribution is -0.141. The van der Waals surface area contributed by atoms with Crippen LogP contribution in [0.2, 0.25) is 0 Å². The van der Waals surface area contributed by atoms with Gasteiger partial charge in [0.15, 0.2) is 0 Å². The van der Waals surface area contributed by atoms with E-state index in [0.717, 1.165) is 11.1 Å². The van der Waals surface area contributed by atoms with Crippen LogP contribution in [0.5, 0.6) is 0 Å². The Morgan fingerprint density at radius 2 is 1.65 bits per heavy atom.